The van der Waals surface area contributed by atoms with Gasteiger partial charge in [0.1, 0.15) is 6.29 Å². The van der Waals surface area contributed by atoms with Gasteiger partial charge < -0.3 is 0 Å². The van der Waals surface area contributed by atoms with Crippen molar-refractivity contribution >= 4 is 6.29 Å². The van der Waals surface area contributed by atoms with Crippen molar-refractivity contribution in [3.8, 4) is 0 Å². The van der Waals surface area contributed by atoms with Crippen LogP contribution >= 0.6 is 0 Å². The van der Waals surface area contributed by atoms with Crippen LogP contribution in [0.5, 0.6) is 0 Å². The molecule has 1 aliphatic carbocycles. The summed E-state index contributed by atoms with van der Waals surface area (Å²) >= 11 is 0. The molecule has 1 nitrogen and oxygen atoms in total. The second kappa shape index (κ2) is 6.00. The summed E-state index contributed by atoms with van der Waals surface area (Å²) in [6.07, 6.45) is 11.3. The van der Waals surface area contributed by atoms with Gasteiger partial charge in [-0.05, 0) is 30.3 Å². The van der Waals surface area contributed by atoms with Gasteiger partial charge in [-0.2, -0.15) is 0 Å². The Kier molecular flexibility index (Phi) is 4.92. The third-order valence-electron chi connectivity index (χ3n) is 3.13. The minimum Gasteiger partial charge on any atom is -0.298 e. The van der Waals surface area contributed by atoms with Crippen molar-refractivity contribution in [2.24, 2.45) is 11.8 Å². The maximum atomic E-state index is 10.8. The summed E-state index contributed by atoms with van der Waals surface area (Å²) in [6.45, 7) is 4.19. The van der Waals surface area contributed by atoms with E-state index in [2.05, 4.69) is 19.9 Å². The lowest BCUT2D eigenvalue weighted by atomic mass is 9.94. The molecule has 0 aromatic rings. The molecule has 1 aliphatic rings. The quantitative estimate of drug-likeness (QED) is 0.380. The average Bonchev–Trinajstić information content (AvgIpc) is 2.41. The van der Waals surface area contributed by atoms with Gasteiger partial charge >= 0.3 is 0 Å². The van der Waals surface area contributed by atoms with Crippen LogP contribution in [-0.4, -0.2) is 6.29 Å². The molecule has 0 radical (unpaired) electrons. The van der Waals surface area contributed by atoms with E-state index in [1.54, 1.807) is 0 Å². The fraction of sp³-hybridized carbons (Fsp3) is 0.769. The predicted molar refractivity (Wildman–Crippen MR) is 60.2 cm³/mol. The molecule has 0 saturated heterocycles. The van der Waals surface area contributed by atoms with Gasteiger partial charge in [-0.1, -0.05) is 45.6 Å². The summed E-state index contributed by atoms with van der Waals surface area (Å²) < 4.78 is 0. The lowest BCUT2D eigenvalue weighted by Gasteiger charge is -2.11. The molecule has 14 heavy (non-hydrogen) atoms. The van der Waals surface area contributed by atoms with E-state index in [-0.39, 0.29) is 0 Å². The van der Waals surface area contributed by atoms with E-state index < -0.39 is 0 Å². The van der Waals surface area contributed by atoms with Crippen LogP contribution in [-0.2, 0) is 4.79 Å². The van der Waals surface area contributed by atoms with E-state index in [0.717, 1.165) is 11.9 Å². The second-order valence-corrected chi connectivity index (χ2v) is 4.69. The molecular formula is C13H22O. The largest absolute Gasteiger partial charge is 0.298 e. The van der Waals surface area contributed by atoms with Crippen molar-refractivity contribution in [1.82, 2.24) is 0 Å². The molecule has 80 valence electrons. The molecule has 0 amide bonds. The second-order valence-electron chi connectivity index (χ2n) is 4.69. The molecule has 0 N–H and O–H groups in total. The molecule has 0 spiro atoms. The van der Waals surface area contributed by atoms with Gasteiger partial charge in [0.2, 0.25) is 0 Å². The van der Waals surface area contributed by atoms with Crippen molar-refractivity contribution < 1.29 is 4.79 Å². The van der Waals surface area contributed by atoms with Gasteiger partial charge in [-0.25, -0.2) is 0 Å². The molecule has 1 heteroatoms. The number of carbonyl (C=O) groups excluding carboxylic acids is 1. The predicted octanol–water partition coefficient (Wildman–Crippen LogP) is 3.74. The molecule has 0 atom stereocenters. The van der Waals surface area contributed by atoms with Gasteiger partial charge in [0.15, 0.2) is 0 Å². The summed E-state index contributed by atoms with van der Waals surface area (Å²) in [5.41, 5.74) is 0.997. The summed E-state index contributed by atoms with van der Waals surface area (Å²) in [7, 11) is 0. The summed E-state index contributed by atoms with van der Waals surface area (Å²) in [6, 6.07) is 0. The van der Waals surface area contributed by atoms with E-state index in [0.29, 0.717) is 11.8 Å². The van der Waals surface area contributed by atoms with Gasteiger partial charge in [0.05, 0.1) is 0 Å². The molecule has 1 saturated carbocycles. The fourth-order valence-corrected chi connectivity index (χ4v) is 2.12. The number of hydrogen-bond acceptors (Lipinski definition) is 1. The molecule has 1 rings (SSSR count). The Balaban J connectivity index is 2.57. The lowest BCUT2D eigenvalue weighted by molar-refractivity contribution is -0.105. The summed E-state index contributed by atoms with van der Waals surface area (Å²) in [5, 5.41) is 0. The monoisotopic (exact) mass is 194 g/mol. The first-order chi connectivity index (χ1) is 6.74. The summed E-state index contributed by atoms with van der Waals surface area (Å²) in [4.78, 5) is 10.8. The maximum Gasteiger partial charge on any atom is 0.145 e. The van der Waals surface area contributed by atoms with Gasteiger partial charge in [-0.3, -0.25) is 4.79 Å². The summed E-state index contributed by atoms with van der Waals surface area (Å²) in [5.74, 6) is 1.05. The highest BCUT2D eigenvalue weighted by Gasteiger charge is 2.11. The lowest BCUT2D eigenvalue weighted by Crippen LogP contribution is -2.01. The molecule has 0 unspecified atom stereocenters. The minimum atomic E-state index is 0.385. The minimum absolute atomic E-state index is 0.385. The Bertz CT molecular complexity index is 195. The number of allylic oxidation sites excluding steroid dienone is 2. The first kappa shape index (κ1) is 11.5. The molecule has 0 heterocycles. The normalized spacial score (nSPS) is 20.9. The highest BCUT2D eigenvalue weighted by atomic mass is 16.1. The Morgan fingerprint density at radius 2 is 1.71 bits per heavy atom. The van der Waals surface area contributed by atoms with E-state index >= 15 is 0 Å². The van der Waals surface area contributed by atoms with Crippen LogP contribution in [0.25, 0.3) is 0 Å². The van der Waals surface area contributed by atoms with Crippen LogP contribution in [0, 0.1) is 11.8 Å². The van der Waals surface area contributed by atoms with Crippen molar-refractivity contribution in [1.29, 1.82) is 0 Å². The third kappa shape index (κ3) is 3.65. The third-order valence-corrected chi connectivity index (χ3v) is 3.13. The van der Waals surface area contributed by atoms with E-state index in [1.165, 1.54) is 38.5 Å². The zero-order chi connectivity index (χ0) is 10.4. The zero-order valence-corrected chi connectivity index (χ0v) is 9.46. The first-order valence-electron chi connectivity index (χ1n) is 5.91. The van der Waals surface area contributed by atoms with Crippen molar-refractivity contribution in [3.05, 3.63) is 11.6 Å². The Morgan fingerprint density at radius 3 is 2.14 bits per heavy atom. The van der Waals surface area contributed by atoms with Crippen LogP contribution in [0.4, 0.5) is 0 Å². The van der Waals surface area contributed by atoms with Crippen LogP contribution < -0.4 is 0 Å². The number of rotatable bonds is 3. The van der Waals surface area contributed by atoms with Gasteiger partial charge in [-0.15, -0.1) is 0 Å². The van der Waals surface area contributed by atoms with Crippen LogP contribution in [0.2, 0.25) is 0 Å². The highest BCUT2D eigenvalue weighted by molar-refractivity contribution is 5.73. The smallest absolute Gasteiger partial charge is 0.145 e. The number of carbonyl (C=O) groups is 1. The van der Waals surface area contributed by atoms with Gasteiger partial charge in [0, 0.05) is 0 Å². The molecule has 0 aromatic carbocycles. The molecule has 0 aromatic heterocycles. The molecule has 0 bridgehead atoms. The van der Waals surface area contributed by atoms with Crippen LogP contribution in [0.3, 0.4) is 0 Å². The van der Waals surface area contributed by atoms with Crippen molar-refractivity contribution in [2.75, 3.05) is 0 Å². The fourth-order valence-electron chi connectivity index (χ4n) is 2.12. The topological polar surface area (TPSA) is 17.1 Å². The van der Waals surface area contributed by atoms with Crippen LogP contribution in [0.15, 0.2) is 11.6 Å². The van der Waals surface area contributed by atoms with Crippen molar-refractivity contribution in [3.63, 3.8) is 0 Å². The molecular weight excluding hydrogens is 172 g/mol. The van der Waals surface area contributed by atoms with Gasteiger partial charge in [0.25, 0.3) is 0 Å². The Morgan fingerprint density at radius 1 is 1.14 bits per heavy atom. The molecule has 0 aliphatic heterocycles. The average molecular weight is 194 g/mol. The van der Waals surface area contributed by atoms with Crippen molar-refractivity contribution in [2.45, 2.75) is 52.4 Å². The zero-order valence-electron chi connectivity index (χ0n) is 9.46. The Hall–Kier alpha value is -0.590. The SMILES string of the molecule is CC(C)C(C=O)=CC1CCCCCC1. The maximum absolute atomic E-state index is 10.8. The first-order valence-corrected chi connectivity index (χ1v) is 5.91. The highest BCUT2D eigenvalue weighted by Crippen LogP contribution is 2.25. The Labute approximate surface area is 87.6 Å². The standard InChI is InChI=1S/C13H22O/c1-11(2)13(10-14)9-12-7-5-3-4-6-8-12/h9-12H,3-8H2,1-2H3. The van der Waals surface area contributed by atoms with E-state index in [1.807, 2.05) is 0 Å². The number of aldehydes is 1. The number of hydrogen-bond donors (Lipinski definition) is 0. The molecule has 1 fully saturated rings. The van der Waals surface area contributed by atoms with E-state index in [4.69, 9.17) is 0 Å². The van der Waals surface area contributed by atoms with E-state index in [9.17, 15) is 4.79 Å². The van der Waals surface area contributed by atoms with Crippen LogP contribution in [0.1, 0.15) is 52.4 Å².